The van der Waals surface area contributed by atoms with Gasteiger partial charge in [-0.25, -0.2) is 0 Å². The monoisotopic (exact) mass is 389 g/mol. The normalized spacial score (nSPS) is 27.3. The van der Waals surface area contributed by atoms with E-state index in [1.165, 1.54) is 25.9 Å². The fourth-order valence-corrected chi connectivity index (χ4v) is 5.67. The van der Waals surface area contributed by atoms with Crippen molar-refractivity contribution in [1.29, 1.82) is 0 Å². The number of nitrogens with zero attached hydrogens (tertiary/aromatic N) is 2. The minimum absolute atomic E-state index is 0.0306. The van der Waals surface area contributed by atoms with Crippen molar-refractivity contribution in [2.75, 3.05) is 20.2 Å². The second-order valence-corrected chi connectivity index (χ2v) is 9.07. The number of methoxy groups -OCH3 is 1. The summed E-state index contributed by atoms with van der Waals surface area (Å²) in [6.45, 7) is 4.58. The molecule has 138 valence electrons. The summed E-state index contributed by atoms with van der Waals surface area (Å²) < 4.78 is 6.05. The number of piperidine rings is 3. The van der Waals surface area contributed by atoms with Gasteiger partial charge in [-0.1, -0.05) is 11.8 Å². The molecule has 1 N–H and O–H groups in total. The van der Waals surface area contributed by atoms with Gasteiger partial charge >= 0.3 is 0 Å². The Balaban J connectivity index is 1.39. The van der Waals surface area contributed by atoms with E-state index in [9.17, 15) is 4.79 Å². The summed E-state index contributed by atoms with van der Waals surface area (Å²) in [6, 6.07) is 8.45. The first-order valence-corrected chi connectivity index (χ1v) is 10.7. The van der Waals surface area contributed by atoms with Crippen LogP contribution in [0.5, 0.6) is 5.88 Å². The number of fused-ring (bicyclic) bond motifs is 3. The lowest BCUT2D eigenvalue weighted by Gasteiger charge is -2.49. The van der Waals surface area contributed by atoms with Crippen LogP contribution in [0.3, 0.4) is 0 Å². The Morgan fingerprint density at radius 3 is 2.65 bits per heavy atom. The van der Waals surface area contributed by atoms with Crippen molar-refractivity contribution in [3.63, 3.8) is 0 Å². The molecule has 0 spiro atoms. The fraction of sp³-hybridized carbons (Fsp3) is 0.474. The van der Waals surface area contributed by atoms with E-state index in [0.717, 1.165) is 14.8 Å². The van der Waals surface area contributed by atoms with Crippen molar-refractivity contribution in [1.82, 2.24) is 15.2 Å². The molecule has 1 amide bonds. The van der Waals surface area contributed by atoms with Crippen LogP contribution in [0.15, 0.2) is 38.9 Å². The zero-order chi connectivity index (χ0) is 18.1. The Kier molecular flexibility index (Phi) is 5.20. The Bertz CT molecular complexity index is 767. The van der Waals surface area contributed by atoms with Crippen molar-refractivity contribution < 1.29 is 9.53 Å². The van der Waals surface area contributed by atoms with Crippen molar-refractivity contribution >= 4 is 29.0 Å². The van der Waals surface area contributed by atoms with Crippen LogP contribution in [0.25, 0.3) is 0 Å². The van der Waals surface area contributed by atoms with Gasteiger partial charge in [-0.2, -0.15) is 4.98 Å². The zero-order valence-electron chi connectivity index (χ0n) is 15.0. The molecule has 0 unspecified atom stereocenters. The Morgan fingerprint density at radius 2 is 2.04 bits per heavy atom. The molecule has 5 rings (SSSR count). The first-order valence-electron chi connectivity index (χ1n) is 8.96. The molecular weight excluding hydrogens is 366 g/mol. The number of carbonyl (C=O) groups is 1. The molecule has 26 heavy (non-hydrogen) atoms. The lowest BCUT2D eigenvalue weighted by molar-refractivity contribution is 0.0217. The highest BCUT2D eigenvalue weighted by Gasteiger charge is 2.40. The van der Waals surface area contributed by atoms with Crippen LogP contribution in [0.1, 0.15) is 30.1 Å². The highest BCUT2D eigenvalue weighted by atomic mass is 32.2. The predicted octanol–water partition coefficient (Wildman–Crippen LogP) is 3.52. The molecule has 5 nitrogen and oxygen atoms in total. The maximum Gasteiger partial charge on any atom is 0.251 e. The third-order valence-electron chi connectivity index (χ3n) is 5.47. The van der Waals surface area contributed by atoms with Gasteiger partial charge in [0.2, 0.25) is 5.88 Å². The maximum atomic E-state index is 12.7. The third kappa shape index (κ3) is 3.61. The average molecular weight is 390 g/mol. The molecule has 2 atom stereocenters. The van der Waals surface area contributed by atoms with Crippen LogP contribution in [0.4, 0.5) is 0 Å². The highest BCUT2D eigenvalue weighted by molar-refractivity contribution is 8.01. The maximum absolute atomic E-state index is 12.7. The molecular formula is C19H23N3O2S2. The van der Waals surface area contributed by atoms with Crippen LogP contribution < -0.4 is 10.1 Å². The number of rotatable bonds is 5. The van der Waals surface area contributed by atoms with Crippen LogP contribution in [0.2, 0.25) is 0 Å². The van der Waals surface area contributed by atoms with Crippen LogP contribution in [-0.4, -0.2) is 48.1 Å². The van der Waals surface area contributed by atoms with E-state index in [0.29, 0.717) is 17.8 Å². The van der Waals surface area contributed by atoms with Gasteiger partial charge in [0, 0.05) is 22.5 Å². The number of hydrogen-bond acceptors (Lipinski definition) is 6. The third-order valence-corrected chi connectivity index (χ3v) is 7.39. The number of thiazole rings is 1. The second-order valence-electron chi connectivity index (χ2n) is 6.90. The molecule has 2 bridgehead atoms. The van der Waals surface area contributed by atoms with Gasteiger partial charge in [0.15, 0.2) is 4.34 Å². The lowest BCUT2D eigenvalue weighted by atomic mass is 9.79. The number of aromatic nitrogens is 1. The van der Waals surface area contributed by atoms with Crippen LogP contribution in [0, 0.1) is 5.92 Å². The molecule has 4 heterocycles. The highest BCUT2D eigenvalue weighted by Crippen LogP contribution is 2.33. The first kappa shape index (κ1) is 17.8. The Morgan fingerprint density at radius 1 is 1.31 bits per heavy atom. The summed E-state index contributed by atoms with van der Waals surface area (Å²) in [7, 11) is 1.62. The zero-order valence-corrected chi connectivity index (χ0v) is 16.6. The van der Waals surface area contributed by atoms with Gasteiger partial charge < -0.3 is 10.1 Å². The molecule has 2 aromatic rings. The summed E-state index contributed by atoms with van der Waals surface area (Å²) in [4.78, 5) is 20.6. The topological polar surface area (TPSA) is 54.5 Å². The molecule has 3 aliphatic heterocycles. The summed E-state index contributed by atoms with van der Waals surface area (Å²) >= 11 is 3.13. The van der Waals surface area contributed by atoms with Crippen LogP contribution >= 0.6 is 23.1 Å². The average Bonchev–Trinajstić information content (AvgIpc) is 3.13. The van der Waals surface area contributed by atoms with E-state index in [-0.39, 0.29) is 11.9 Å². The van der Waals surface area contributed by atoms with E-state index >= 15 is 0 Å². The van der Waals surface area contributed by atoms with E-state index < -0.39 is 0 Å². The number of benzene rings is 1. The SMILES string of the molecule is COc1csc(Sc2ccc(C(=O)N[C@@H]3C4CCN(CC4)[C@H]3C)cc2)n1. The molecule has 3 saturated heterocycles. The summed E-state index contributed by atoms with van der Waals surface area (Å²) in [5.74, 6) is 1.29. The van der Waals surface area contributed by atoms with Gasteiger partial charge in [0.25, 0.3) is 5.91 Å². The predicted molar refractivity (Wildman–Crippen MR) is 104 cm³/mol. The molecule has 0 radical (unpaired) electrons. The van der Waals surface area contributed by atoms with Gasteiger partial charge in [-0.15, -0.1) is 11.3 Å². The first-order chi connectivity index (χ1) is 12.6. The van der Waals surface area contributed by atoms with Crippen molar-refractivity contribution in [2.45, 2.75) is 41.1 Å². The molecule has 3 aliphatic rings. The van der Waals surface area contributed by atoms with Gasteiger partial charge in [-0.3, -0.25) is 9.69 Å². The molecule has 1 aromatic carbocycles. The smallest absolute Gasteiger partial charge is 0.251 e. The molecule has 3 fully saturated rings. The summed E-state index contributed by atoms with van der Waals surface area (Å²) in [5.41, 5.74) is 0.717. The van der Waals surface area contributed by atoms with E-state index in [1.807, 2.05) is 29.6 Å². The fourth-order valence-electron chi connectivity index (χ4n) is 3.94. The number of carbonyl (C=O) groups excluding carboxylic acids is 1. The molecule has 1 aromatic heterocycles. The van der Waals surface area contributed by atoms with Crippen LogP contribution in [-0.2, 0) is 0 Å². The second kappa shape index (κ2) is 7.58. The molecule has 7 heteroatoms. The van der Waals surface area contributed by atoms with E-state index in [1.54, 1.807) is 30.2 Å². The summed E-state index contributed by atoms with van der Waals surface area (Å²) in [5, 5.41) is 5.17. The number of hydrogen-bond donors (Lipinski definition) is 1. The summed E-state index contributed by atoms with van der Waals surface area (Å²) in [6.07, 6.45) is 2.39. The molecule has 0 saturated carbocycles. The number of ether oxygens (including phenoxy) is 1. The minimum Gasteiger partial charge on any atom is -0.480 e. The van der Waals surface area contributed by atoms with Crippen molar-refractivity contribution in [3.05, 3.63) is 35.2 Å². The standard InChI is InChI=1S/C19H23N3O2S2/c1-12-17(13-7-9-22(12)10-8-13)21-18(23)14-3-5-15(6-4-14)26-19-20-16(24-2)11-25-19/h3-6,11-13,17H,7-10H2,1-2H3,(H,21,23)/t12-,17-/m0/s1. The van der Waals surface area contributed by atoms with Gasteiger partial charge in [-0.05, 0) is 63.0 Å². The van der Waals surface area contributed by atoms with Gasteiger partial charge in [0.05, 0.1) is 12.5 Å². The van der Waals surface area contributed by atoms with Gasteiger partial charge in [0.1, 0.15) is 0 Å². The lowest BCUT2D eigenvalue weighted by Crippen LogP contribution is -2.62. The number of amides is 1. The van der Waals surface area contributed by atoms with Crippen molar-refractivity contribution in [3.8, 4) is 5.88 Å². The minimum atomic E-state index is 0.0306. The molecule has 0 aliphatic carbocycles. The van der Waals surface area contributed by atoms with Crippen molar-refractivity contribution in [2.24, 2.45) is 5.92 Å². The Hall–Kier alpha value is -1.57. The van der Waals surface area contributed by atoms with E-state index in [4.69, 9.17) is 4.74 Å². The van der Waals surface area contributed by atoms with E-state index in [2.05, 4.69) is 22.1 Å². The Labute approximate surface area is 162 Å². The quantitative estimate of drug-likeness (QED) is 0.848. The largest absolute Gasteiger partial charge is 0.480 e. The number of nitrogens with one attached hydrogen (secondary N) is 1.